The minimum atomic E-state index is 0.951. The quantitative estimate of drug-likeness (QED) is 0.775. The highest BCUT2D eigenvalue weighted by Gasteiger charge is 2.01. The summed E-state index contributed by atoms with van der Waals surface area (Å²) in [5, 5.41) is 3.45. The molecular formula is C18H23N. The van der Waals surface area contributed by atoms with E-state index in [0.29, 0.717) is 0 Å². The third-order valence-corrected chi connectivity index (χ3v) is 3.52. The first-order valence-corrected chi connectivity index (χ1v) is 7.08. The van der Waals surface area contributed by atoms with Crippen LogP contribution in [0, 0.1) is 13.8 Å². The largest absolute Gasteiger partial charge is 0.313 e. The molecule has 0 aliphatic rings. The van der Waals surface area contributed by atoms with E-state index in [1.165, 1.54) is 34.2 Å². The van der Waals surface area contributed by atoms with Crippen LogP contribution in [0.4, 0.5) is 0 Å². The normalized spacial score (nSPS) is 10.7. The van der Waals surface area contributed by atoms with Crippen molar-refractivity contribution in [2.45, 2.75) is 33.7 Å². The second-order valence-electron chi connectivity index (χ2n) is 5.18. The van der Waals surface area contributed by atoms with E-state index in [2.05, 4.69) is 68.6 Å². The number of benzene rings is 2. The molecule has 1 heteroatoms. The molecule has 2 aromatic carbocycles. The molecule has 0 atom stereocenters. The third-order valence-electron chi connectivity index (χ3n) is 3.52. The van der Waals surface area contributed by atoms with Gasteiger partial charge in [-0.25, -0.2) is 0 Å². The predicted molar refractivity (Wildman–Crippen MR) is 83.3 cm³/mol. The van der Waals surface area contributed by atoms with Gasteiger partial charge in [-0.15, -0.1) is 0 Å². The SMILES string of the molecule is CCCNCc1cccc(-c2ccc(C)c(C)c2)c1. The summed E-state index contributed by atoms with van der Waals surface area (Å²) in [6.07, 6.45) is 1.18. The lowest BCUT2D eigenvalue weighted by atomic mass is 9.99. The van der Waals surface area contributed by atoms with Gasteiger partial charge in [0.25, 0.3) is 0 Å². The highest BCUT2D eigenvalue weighted by atomic mass is 14.8. The molecule has 0 aliphatic heterocycles. The molecule has 0 spiro atoms. The van der Waals surface area contributed by atoms with Gasteiger partial charge in [-0.2, -0.15) is 0 Å². The summed E-state index contributed by atoms with van der Waals surface area (Å²) in [6.45, 7) is 8.55. The van der Waals surface area contributed by atoms with E-state index in [9.17, 15) is 0 Å². The van der Waals surface area contributed by atoms with Gasteiger partial charge in [-0.3, -0.25) is 0 Å². The standard InChI is InChI=1S/C18H23N/c1-4-10-19-13-16-6-5-7-17(12-16)18-9-8-14(2)15(3)11-18/h5-9,11-12,19H,4,10,13H2,1-3H3. The molecule has 0 saturated heterocycles. The summed E-state index contributed by atoms with van der Waals surface area (Å²) < 4.78 is 0. The van der Waals surface area contributed by atoms with Crippen molar-refractivity contribution in [3.05, 3.63) is 59.2 Å². The van der Waals surface area contributed by atoms with E-state index < -0.39 is 0 Å². The highest BCUT2D eigenvalue weighted by Crippen LogP contribution is 2.23. The Morgan fingerprint density at radius 3 is 2.42 bits per heavy atom. The van der Waals surface area contributed by atoms with Gasteiger partial charge in [-0.05, 0) is 60.7 Å². The maximum Gasteiger partial charge on any atom is 0.0205 e. The molecule has 0 fully saturated rings. The predicted octanol–water partition coefficient (Wildman–Crippen LogP) is 4.47. The van der Waals surface area contributed by atoms with Crippen molar-refractivity contribution in [3.63, 3.8) is 0 Å². The van der Waals surface area contributed by atoms with E-state index in [-0.39, 0.29) is 0 Å². The van der Waals surface area contributed by atoms with Crippen molar-refractivity contribution in [2.75, 3.05) is 6.54 Å². The summed E-state index contributed by atoms with van der Waals surface area (Å²) in [6, 6.07) is 15.5. The van der Waals surface area contributed by atoms with Crippen molar-refractivity contribution in [2.24, 2.45) is 0 Å². The van der Waals surface area contributed by atoms with Gasteiger partial charge in [0.2, 0.25) is 0 Å². The van der Waals surface area contributed by atoms with Crippen LogP contribution in [-0.4, -0.2) is 6.54 Å². The fourth-order valence-corrected chi connectivity index (χ4v) is 2.19. The molecule has 0 heterocycles. The Labute approximate surface area is 116 Å². The van der Waals surface area contributed by atoms with Crippen molar-refractivity contribution in [3.8, 4) is 11.1 Å². The monoisotopic (exact) mass is 253 g/mol. The summed E-state index contributed by atoms with van der Waals surface area (Å²) in [7, 11) is 0. The number of rotatable bonds is 5. The van der Waals surface area contributed by atoms with Gasteiger partial charge >= 0.3 is 0 Å². The fourth-order valence-electron chi connectivity index (χ4n) is 2.19. The number of nitrogens with one attached hydrogen (secondary N) is 1. The molecule has 1 nitrogen and oxygen atoms in total. The maximum atomic E-state index is 3.45. The van der Waals surface area contributed by atoms with Crippen LogP contribution < -0.4 is 5.32 Å². The third kappa shape index (κ3) is 3.68. The first-order valence-electron chi connectivity index (χ1n) is 7.08. The second-order valence-corrected chi connectivity index (χ2v) is 5.18. The van der Waals surface area contributed by atoms with Gasteiger partial charge < -0.3 is 5.32 Å². The van der Waals surface area contributed by atoms with Crippen LogP contribution in [0.3, 0.4) is 0 Å². The fraction of sp³-hybridized carbons (Fsp3) is 0.333. The van der Waals surface area contributed by atoms with Crippen molar-refractivity contribution >= 4 is 0 Å². The van der Waals surface area contributed by atoms with Crippen molar-refractivity contribution in [1.29, 1.82) is 0 Å². The first kappa shape index (κ1) is 13.8. The Morgan fingerprint density at radius 2 is 1.68 bits per heavy atom. The molecular weight excluding hydrogens is 230 g/mol. The van der Waals surface area contributed by atoms with E-state index in [1.807, 2.05) is 0 Å². The lowest BCUT2D eigenvalue weighted by Gasteiger charge is -2.08. The molecule has 0 saturated carbocycles. The molecule has 0 aromatic heterocycles. The van der Waals surface area contributed by atoms with Crippen LogP contribution in [0.5, 0.6) is 0 Å². The van der Waals surface area contributed by atoms with E-state index in [0.717, 1.165) is 13.1 Å². The van der Waals surface area contributed by atoms with Gasteiger partial charge in [0.15, 0.2) is 0 Å². The zero-order valence-electron chi connectivity index (χ0n) is 12.2. The van der Waals surface area contributed by atoms with Crippen molar-refractivity contribution < 1.29 is 0 Å². The van der Waals surface area contributed by atoms with Crippen LogP contribution in [0.1, 0.15) is 30.0 Å². The van der Waals surface area contributed by atoms with E-state index in [1.54, 1.807) is 0 Å². The summed E-state index contributed by atoms with van der Waals surface area (Å²) in [5.74, 6) is 0. The zero-order chi connectivity index (χ0) is 13.7. The Bertz CT molecular complexity index is 543. The lowest BCUT2D eigenvalue weighted by molar-refractivity contribution is 0.675. The Hall–Kier alpha value is -1.60. The van der Waals surface area contributed by atoms with E-state index in [4.69, 9.17) is 0 Å². The average Bonchev–Trinajstić information content (AvgIpc) is 2.43. The van der Waals surface area contributed by atoms with Gasteiger partial charge in [-0.1, -0.05) is 43.3 Å². The molecule has 0 unspecified atom stereocenters. The molecule has 0 radical (unpaired) electrons. The molecule has 100 valence electrons. The van der Waals surface area contributed by atoms with Crippen LogP contribution in [-0.2, 0) is 6.54 Å². The number of hydrogen-bond acceptors (Lipinski definition) is 1. The molecule has 2 aromatic rings. The molecule has 2 rings (SSSR count). The molecule has 0 aliphatic carbocycles. The van der Waals surface area contributed by atoms with Crippen LogP contribution in [0.2, 0.25) is 0 Å². The highest BCUT2D eigenvalue weighted by molar-refractivity contribution is 5.65. The minimum absolute atomic E-state index is 0.951. The smallest absolute Gasteiger partial charge is 0.0205 e. The Balaban J connectivity index is 2.19. The Kier molecular flexibility index (Phi) is 4.75. The number of aryl methyl sites for hydroxylation is 2. The van der Waals surface area contributed by atoms with Gasteiger partial charge in [0.1, 0.15) is 0 Å². The molecule has 19 heavy (non-hydrogen) atoms. The van der Waals surface area contributed by atoms with Gasteiger partial charge in [0, 0.05) is 6.54 Å². The molecule has 0 bridgehead atoms. The van der Waals surface area contributed by atoms with Crippen LogP contribution in [0.25, 0.3) is 11.1 Å². The number of hydrogen-bond donors (Lipinski definition) is 1. The van der Waals surface area contributed by atoms with Crippen LogP contribution in [0.15, 0.2) is 42.5 Å². The van der Waals surface area contributed by atoms with E-state index >= 15 is 0 Å². The zero-order valence-corrected chi connectivity index (χ0v) is 12.2. The molecule has 0 amide bonds. The lowest BCUT2D eigenvalue weighted by Crippen LogP contribution is -2.13. The summed E-state index contributed by atoms with van der Waals surface area (Å²) in [4.78, 5) is 0. The second kappa shape index (κ2) is 6.53. The first-order chi connectivity index (χ1) is 9.20. The average molecular weight is 253 g/mol. The topological polar surface area (TPSA) is 12.0 Å². The summed E-state index contributed by atoms with van der Waals surface area (Å²) in [5.41, 5.74) is 6.67. The summed E-state index contributed by atoms with van der Waals surface area (Å²) >= 11 is 0. The Morgan fingerprint density at radius 1 is 0.895 bits per heavy atom. The van der Waals surface area contributed by atoms with Gasteiger partial charge in [0.05, 0.1) is 0 Å². The maximum absolute atomic E-state index is 3.45. The van der Waals surface area contributed by atoms with Crippen LogP contribution >= 0.6 is 0 Å². The van der Waals surface area contributed by atoms with Crippen molar-refractivity contribution in [1.82, 2.24) is 5.32 Å². The minimum Gasteiger partial charge on any atom is -0.313 e. The molecule has 1 N–H and O–H groups in total.